The number of aromatic nitrogens is 3. The fourth-order valence-electron chi connectivity index (χ4n) is 2.95. The predicted octanol–water partition coefficient (Wildman–Crippen LogP) is 3.77. The van der Waals surface area contributed by atoms with Crippen LogP contribution in [0, 0.1) is 6.92 Å². The van der Waals surface area contributed by atoms with Crippen LogP contribution in [0.4, 0.5) is 11.5 Å². The van der Waals surface area contributed by atoms with Crippen LogP contribution in [0.25, 0.3) is 16.7 Å². The number of rotatable bonds is 4. The largest absolute Gasteiger partial charge is 0.497 e. The number of hydrogen-bond acceptors (Lipinski definition) is 4. The maximum atomic E-state index is 12.4. The predicted molar refractivity (Wildman–Crippen MR) is 103 cm³/mol. The van der Waals surface area contributed by atoms with Crippen molar-refractivity contribution < 1.29 is 4.74 Å². The van der Waals surface area contributed by atoms with E-state index in [1.165, 1.54) is 0 Å². The molecule has 2 aromatic carbocycles. The minimum Gasteiger partial charge on any atom is -0.497 e. The van der Waals surface area contributed by atoms with Crippen molar-refractivity contribution in [2.24, 2.45) is 0 Å². The number of para-hydroxylation sites is 1. The second-order valence-electron chi connectivity index (χ2n) is 5.99. The summed E-state index contributed by atoms with van der Waals surface area (Å²) < 4.78 is 6.88. The van der Waals surface area contributed by atoms with E-state index >= 15 is 0 Å². The van der Waals surface area contributed by atoms with Crippen molar-refractivity contribution in [2.45, 2.75) is 6.92 Å². The Balaban J connectivity index is 1.77. The maximum Gasteiger partial charge on any atom is 0.331 e. The molecule has 6 nitrogen and oxygen atoms in total. The lowest BCUT2D eigenvalue weighted by atomic mass is 10.2. The number of benzene rings is 2. The van der Waals surface area contributed by atoms with Crippen LogP contribution < -0.4 is 15.7 Å². The monoisotopic (exact) mass is 346 g/mol. The van der Waals surface area contributed by atoms with Gasteiger partial charge in [-0.05, 0) is 42.8 Å². The van der Waals surface area contributed by atoms with Crippen molar-refractivity contribution in [3.05, 3.63) is 76.8 Å². The fourth-order valence-corrected chi connectivity index (χ4v) is 2.95. The summed E-state index contributed by atoms with van der Waals surface area (Å²) in [4.78, 5) is 19.6. The Labute approximate surface area is 150 Å². The van der Waals surface area contributed by atoms with Gasteiger partial charge in [0.25, 0.3) is 0 Å². The molecular formula is C20H18N4O2. The van der Waals surface area contributed by atoms with E-state index in [1.54, 1.807) is 17.9 Å². The number of hydrogen-bond donors (Lipinski definition) is 2. The van der Waals surface area contributed by atoms with Gasteiger partial charge >= 0.3 is 5.69 Å². The molecule has 0 saturated heterocycles. The second kappa shape index (κ2) is 6.40. The average Bonchev–Trinajstić information content (AvgIpc) is 2.99. The quantitative estimate of drug-likeness (QED) is 0.590. The number of anilines is 2. The third-order valence-corrected chi connectivity index (χ3v) is 4.28. The highest BCUT2D eigenvalue weighted by Gasteiger charge is 2.10. The van der Waals surface area contributed by atoms with Crippen LogP contribution in [0.15, 0.2) is 65.6 Å². The first-order chi connectivity index (χ1) is 12.7. The standard InChI is InChI=1S/C20H18N4O2/c1-13-10-15(26-2)8-9-16(13)22-19-11-18-17(12-21-19)23-20(25)24(18)14-6-4-3-5-7-14/h3-12H,1-2H3,(H,21,22)(H,23,25). The molecule has 0 aliphatic carbocycles. The Hall–Kier alpha value is -3.54. The number of fused-ring (bicyclic) bond motifs is 1. The third-order valence-electron chi connectivity index (χ3n) is 4.28. The normalized spacial score (nSPS) is 10.8. The highest BCUT2D eigenvalue weighted by molar-refractivity contribution is 5.80. The molecule has 0 radical (unpaired) electrons. The van der Waals surface area contributed by atoms with Gasteiger partial charge in [0.15, 0.2) is 0 Å². The van der Waals surface area contributed by atoms with E-state index in [0.29, 0.717) is 11.3 Å². The zero-order valence-electron chi connectivity index (χ0n) is 14.5. The molecule has 2 aromatic heterocycles. The number of aromatic amines is 1. The molecule has 26 heavy (non-hydrogen) atoms. The molecule has 0 aliphatic rings. The molecule has 0 aliphatic heterocycles. The van der Waals surface area contributed by atoms with Crippen molar-refractivity contribution in [2.75, 3.05) is 12.4 Å². The highest BCUT2D eigenvalue weighted by atomic mass is 16.5. The minimum absolute atomic E-state index is 0.189. The molecular weight excluding hydrogens is 328 g/mol. The van der Waals surface area contributed by atoms with Gasteiger partial charge in [0.1, 0.15) is 11.6 Å². The number of nitrogens with one attached hydrogen (secondary N) is 2. The molecule has 0 atom stereocenters. The molecule has 0 amide bonds. The Morgan fingerprint density at radius 2 is 1.92 bits per heavy atom. The number of methoxy groups -OCH3 is 1. The van der Waals surface area contributed by atoms with Gasteiger partial charge in [0.2, 0.25) is 0 Å². The van der Waals surface area contributed by atoms with Gasteiger partial charge in [-0.3, -0.25) is 4.57 Å². The maximum absolute atomic E-state index is 12.4. The lowest BCUT2D eigenvalue weighted by Crippen LogP contribution is -2.14. The van der Waals surface area contributed by atoms with Gasteiger partial charge in [0.05, 0.1) is 30.0 Å². The van der Waals surface area contributed by atoms with Gasteiger partial charge < -0.3 is 15.0 Å². The van der Waals surface area contributed by atoms with Gasteiger partial charge in [-0.2, -0.15) is 0 Å². The zero-order valence-corrected chi connectivity index (χ0v) is 14.5. The molecule has 130 valence electrons. The van der Waals surface area contributed by atoms with Crippen molar-refractivity contribution in [1.82, 2.24) is 14.5 Å². The molecule has 6 heteroatoms. The summed E-state index contributed by atoms with van der Waals surface area (Å²) >= 11 is 0. The minimum atomic E-state index is -0.189. The van der Waals surface area contributed by atoms with Gasteiger partial charge in [0, 0.05) is 11.8 Å². The highest BCUT2D eigenvalue weighted by Crippen LogP contribution is 2.25. The Kier molecular flexibility index (Phi) is 3.93. The summed E-state index contributed by atoms with van der Waals surface area (Å²) in [5, 5.41) is 3.31. The van der Waals surface area contributed by atoms with E-state index in [2.05, 4.69) is 15.3 Å². The molecule has 0 fully saturated rings. The van der Waals surface area contributed by atoms with Crippen LogP contribution in [0.1, 0.15) is 5.56 Å². The molecule has 0 saturated carbocycles. The van der Waals surface area contributed by atoms with Crippen molar-refractivity contribution in [3.63, 3.8) is 0 Å². The van der Waals surface area contributed by atoms with Gasteiger partial charge in [-0.1, -0.05) is 18.2 Å². The summed E-state index contributed by atoms with van der Waals surface area (Å²) in [5.41, 5.74) is 4.05. The zero-order chi connectivity index (χ0) is 18.1. The SMILES string of the molecule is COc1ccc(Nc2cc3c(cn2)[nH]c(=O)n3-c2ccccc2)c(C)c1. The van der Waals surface area contributed by atoms with E-state index in [1.807, 2.05) is 61.5 Å². The van der Waals surface area contributed by atoms with E-state index in [4.69, 9.17) is 4.74 Å². The molecule has 4 aromatic rings. The summed E-state index contributed by atoms with van der Waals surface area (Å²) in [7, 11) is 1.64. The number of H-pyrrole nitrogens is 1. The lowest BCUT2D eigenvalue weighted by molar-refractivity contribution is 0.414. The summed E-state index contributed by atoms with van der Waals surface area (Å²) in [5.74, 6) is 1.47. The Morgan fingerprint density at radius 3 is 2.65 bits per heavy atom. The summed E-state index contributed by atoms with van der Waals surface area (Å²) in [6.07, 6.45) is 1.66. The smallest absolute Gasteiger partial charge is 0.331 e. The molecule has 0 unspecified atom stereocenters. The second-order valence-corrected chi connectivity index (χ2v) is 5.99. The molecule has 4 rings (SSSR count). The fraction of sp³-hybridized carbons (Fsp3) is 0.100. The molecule has 2 N–H and O–H groups in total. The number of ether oxygens (including phenoxy) is 1. The molecule has 0 spiro atoms. The van der Waals surface area contributed by atoms with Crippen molar-refractivity contribution >= 4 is 22.5 Å². The van der Waals surface area contributed by atoms with E-state index < -0.39 is 0 Å². The lowest BCUT2D eigenvalue weighted by Gasteiger charge is -2.11. The first-order valence-corrected chi connectivity index (χ1v) is 8.23. The Morgan fingerprint density at radius 1 is 1.12 bits per heavy atom. The van der Waals surface area contributed by atoms with Crippen LogP contribution in [-0.2, 0) is 0 Å². The van der Waals surface area contributed by atoms with Crippen LogP contribution in [0.2, 0.25) is 0 Å². The third kappa shape index (κ3) is 2.82. The van der Waals surface area contributed by atoms with E-state index in [9.17, 15) is 4.79 Å². The summed E-state index contributed by atoms with van der Waals surface area (Å²) in [6.45, 7) is 2.00. The number of imidazole rings is 1. The molecule has 2 heterocycles. The van der Waals surface area contributed by atoms with Gasteiger partial charge in [-0.15, -0.1) is 0 Å². The topological polar surface area (TPSA) is 71.9 Å². The Bertz CT molecular complexity index is 1130. The van der Waals surface area contributed by atoms with E-state index in [-0.39, 0.29) is 5.69 Å². The number of nitrogens with zero attached hydrogens (tertiary/aromatic N) is 2. The first kappa shape index (κ1) is 16.0. The van der Waals surface area contributed by atoms with Crippen LogP contribution >= 0.6 is 0 Å². The summed E-state index contributed by atoms with van der Waals surface area (Å²) in [6, 6.07) is 17.2. The van der Waals surface area contributed by atoms with Crippen LogP contribution in [-0.4, -0.2) is 21.6 Å². The van der Waals surface area contributed by atoms with Crippen molar-refractivity contribution in [3.8, 4) is 11.4 Å². The number of pyridine rings is 1. The van der Waals surface area contributed by atoms with Gasteiger partial charge in [-0.25, -0.2) is 9.78 Å². The average molecular weight is 346 g/mol. The first-order valence-electron chi connectivity index (χ1n) is 8.23. The number of aryl methyl sites for hydroxylation is 1. The van der Waals surface area contributed by atoms with Crippen LogP contribution in [0.3, 0.4) is 0 Å². The van der Waals surface area contributed by atoms with Crippen molar-refractivity contribution in [1.29, 1.82) is 0 Å². The van der Waals surface area contributed by atoms with E-state index in [0.717, 1.165) is 28.2 Å². The van der Waals surface area contributed by atoms with Crippen LogP contribution in [0.5, 0.6) is 5.75 Å². The molecule has 0 bridgehead atoms.